The minimum Gasteiger partial charge on any atom is -0.508 e. The molecule has 0 bridgehead atoms. The Morgan fingerprint density at radius 1 is 1.23 bits per heavy atom. The lowest BCUT2D eigenvalue weighted by Crippen LogP contribution is -2.47. The number of rotatable bonds is 5. The van der Waals surface area contributed by atoms with Crippen molar-refractivity contribution >= 4 is 0 Å². The molecule has 0 amide bonds. The van der Waals surface area contributed by atoms with Gasteiger partial charge >= 0.3 is 0 Å². The molecule has 1 aromatic rings. The Bertz CT molecular complexity index is 479. The number of benzene rings is 1. The topological polar surface area (TPSA) is 74.2 Å². The molecule has 3 N–H and O–H groups in total. The third-order valence-corrected chi connectivity index (χ3v) is 4.37. The van der Waals surface area contributed by atoms with E-state index in [-0.39, 0.29) is 17.9 Å². The standard InChI is InChI=1S/C16H24N2O4/c19-14-4-2-1-3-12(14)9-17-13-11-22-15(16(13)20)10-18-5-7-21-8-6-18/h1-4,13,15-17,19-20H,5-11H2/t13-,15-,16+/m0/s1. The van der Waals surface area contributed by atoms with E-state index in [1.165, 1.54) is 0 Å². The first-order valence-corrected chi connectivity index (χ1v) is 7.84. The predicted molar refractivity (Wildman–Crippen MR) is 81.7 cm³/mol. The lowest BCUT2D eigenvalue weighted by Gasteiger charge is -2.30. The van der Waals surface area contributed by atoms with Crippen LogP contribution in [-0.2, 0) is 16.0 Å². The highest BCUT2D eigenvalue weighted by Gasteiger charge is 2.36. The summed E-state index contributed by atoms with van der Waals surface area (Å²) < 4.78 is 11.1. The largest absolute Gasteiger partial charge is 0.508 e. The van der Waals surface area contributed by atoms with Gasteiger partial charge in [0.25, 0.3) is 0 Å². The summed E-state index contributed by atoms with van der Waals surface area (Å²) in [7, 11) is 0. The number of ether oxygens (including phenoxy) is 2. The maximum absolute atomic E-state index is 10.4. The van der Waals surface area contributed by atoms with E-state index in [1.54, 1.807) is 12.1 Å². The van der Waals surface area contributed by atoms with Gasteiger partial charge in [0.15, 0.2) is 0 Å². The number of phenols is 1. The van der Waals surface area contributed by atoms with Crippen molar-refractivity contribution < 1.29 is 19.7 Å². The number of phenolic OH excluding ortho intramolecular Hbond substituents is 1. The fraction of sp³-hybridized carbons (Fsp3) is 0.625. The molecule has 2 saturated heterocycles. The van der Waals surface area contributed by atoms with Crippen LogP contribution in [0.2, 0.25) is 0 Å². The summed E-state index contributed by atoms with van der Waals surface area (Å²) in [5.41, 5.74) is 0.825. The van der Waals surface area contributed by atoms with Gasteiger partial charge in [0.2, 0.25) is 0 Å². The highest BCUT2D eigenvalue weighted by Crippen LogP contribution is 2.19. The van der Waals surface area contributed by atoms with E-state index in [2.05, 4.69) is 10.2 Å². The summed E-state index contributed by atoms with van der Waals surface area (Å²) in [6.45, 7) is 5.02. The zero-order valence-electron chi connectivity index (χ0n) is 12.6. The highest BCUT2D eigenvalue weighted by atomic mass is 16.5. The molecule has 1 aromatic carbocycles. The lowest BCUT2D eigenvalue weighted by molar-refractivity contribution is -0.0181. The Hall–Kier alpha value is -1.18. The molecule has 6 heteroatoms. The molecule has 0 radical (unpaired) electrons. The molecular weight excluding hydrogens is 284 g/mol. The minimum absolute atomic E-state index is 0.106. The van der Waals surface area contributed by atoms with Crippen molar-refractivity contribution in [1.82, 2.24) is 10.2 Å². The zero-order chi connectivity index (χ0) is 15.4. The predicted octanol–water partition coefficient (Wildman–Crippen LogP) is -0.0577. The van der Waals surface area contributed by atoms with Crippen LogP contribution in [0.4, 0.5) is 0 Å². The molecule has 0 aliphatic carbocycles. The smallest absolute Gasteiger partial charge is 0.120 e. The van der Waals surface area contributed by atoms with Crippen LogP contribution in [-0.4, -0.2) is 72.8 Å². The van der Waals surface area contributed by atoms with Gasteiger partial charge in [0.1, 0.15) is 5.75 Å². The number of nitrogens with zero attached hydrogens (tertiary/aromatic N) is 1. The van der Waals surface area contributed by atoms with Gasteiger partial charge in [-0.3, -0.25) is 4.90 Å². The van der Waals surface area contributed by atoms with Gasteiger partial charge in [0, 0.05) is 31.7 Å². The lowest BCUT2D eigenvalue weighted by atomic mass is 10.1. The molecule has 0 spiro atoms. The van der Waals surface area contributed by atoms with Gasteiger partial charge in [-0.2, -0.15) is 0 Å². The van der Waals surface area contributed by atoms with Crippen LogP contribution in [0.5, 0.6) is 5.75 Å². The van der Waals surface area contributed by atoms with Crippen LogP contribution in [0, 0.1) is 0 Å². The number of hydrogen-bond acceptors (Lipinski definition) is 6. The van der Waals surface area contributed by atoms with Gasteiger partial charge < -0.3 is 25.0 Å². The highest BCUT2D eigenvalue weighted by molar-refractivity contribution is 5.31. The normalized spacial score (nSPS) is 29.8. The SMILES string of the molecule is Oc1ccccc1CN[C@H]1CO[C@@H](CN2CCOCC2)[C@@H]1O. The minimum atomic E-state index is -0.534. The Kier molecular flexibility index (Phi) is 5.28. The monoisotopic (exact) mass is 308 g/mol. The molecule has 0 unspecified atom stereocenters. The summed E-state index contributed by atoms with van der Waals surface area (Å²) >= 11 is 0. The fourth-order valence-corrected chi connectivity index (χ4v) is 2.96. The Balaban J connectivity index is 1.48. The van der Waals surface area contributed by atoms with E-state index in [0.717, 1.165) is 38.4 Å². The first-order valence-electron chi connectivity index (χ1n) is 7.84. The molecule has 0 saturated carbocycles. The van der Waals surface area contributed by atoms with Crippen LogP contribution in [0.25, 0.3) is 0 Å². The molecular formula is C16H24N2O4. The van der Waals surface area contributed by atoms with Crippen molar-refractivity contribution in [2.24, 2.45) is 0 Å². The van der Waals surface area contributed by atoms with Crippen LogP contribution in [0.1, 0.15) is 5.56 Å². The second-order valence-electron chi connectivity index (χ2n) is 5.89. The Morgan fingerprint density at radius 3 is 2.77 bits per heavy atom. The second kappa shape index (κ2) is 7.39. The van der Waals surface area contributed by atoms with Crippen LogP contribution >= 0.6 is 0 Å². The van der Waals surface area contributed by atoms with Gasteiger partial charge in [-0.25, -0.2) is 0 Å². The number of aromatic hydroxyl groups is 1. The second-order valence-corrected chi connectivity index (χ2v) is 5.89. The third-order valence-electron chi connectivity index (χ3n) is 4.37. The molecule has 6 nitrogen and oxygen atoms in total. The number of morpholine rings is 1. The summed E-state index contributed by atoms with van der Waals surface area (Å²) in [6.07, 6.45) is -0.700. The van der Waals surface area contributed by atoms with Crippen molar-refractivity contribution in [3.05, 3.63) is 29.8 Å². The van der Waals surface area contributed by atoms with Gasteiger partial charge in [-0.05, 0) is 6.07 Å². The van der Waals surface area contributed by atoms with Gasteiger partial charge in [0.05, 0.1) is 38.1 Å². The number of nitrogens with one attached hydrogen (secondary N) is 1. The molecule has 0 aromatic heterocycles. The number of aliphatic hydroxyl groups excluding tert-OH is 1. The Labute approximate surface area is 130 Å². The average Bonchev–Trinajstić information content (AvgIpc) is 2.88. The molecule has 2 aliphatic heterocycles. The molecule has 22 heavy (non-hydrogen) atoms. The summed E-state index contributed by atoms with van der Waals surface area (Å²) in [5.74, 6) is 0.272. The van der Waals surface area contributed by atoms with Crippen molar-refractivity contribution in [1.29, 1.82) is 0 Å². The number of para-hydroxylation sites is 1. The van der Waals surface area contributed by atoms with E-state index < -0.39 is 6.10 Å². The molecule has 3 atom stereocenters. The average molecular weight is 308 g/mol. The van der Waals surface area contributed by atoms with E-state index >= 15 is 0 Å². The number of aliphatic hydroxyl groups is 1. The summed E-state index contributed by atoms with van der Waals surface area (Å²) in [5, 5.41) is 23.5. The maximum atomic E-state index is 10.4. The van der Waals surface area contributed by atoms with E-state index in [1.807, 2.05) is 12.1 Å². The van der Waals surface area contributed by atoms with E-state index in [9.17, 15) is 10.2 Å². The molecule has 122 valence electrons. The van der Waals surface area contributed by atoms with E-state index in [4.69, 9.17) is 9.47 Å². The first-order chi connectivity index (χ1) is 10.7. The summed E-state index contributed by atoms with van der Waals surface area (Å²) in [6, 6.07) is 7.12. The van der Waals surface area contributed by atoms with Gasteiger partial charge in [-0.1, -0.05) is 18.2 Å². The molecule has 2 aliphatic rings. The maximum Gasteiger partial charge on any atom is 0.120 e. The molecule has 2 heterocycles. The van der Waals surface area contributed by atoms with Crippen LogP contribution in [0.15, 0.2) is 24.3 Å². The first kappa shape index (κ1) is 15.7. The quantitative estimate of drug-likeness (QED) is 0.708. The third kappa shape index (κ3) is 3.77. The van der Waals surface area contributed by atoms with Crippen molar-refractivity contribution in [2.75, 3.05) is 39.5 Å². The van der Waals surface area contributed by atoms with Crippen molar-refractivity contribution in [2.45, 2.75) is 24.8 Å². The Morgan fingerprint density at radius 2 is 2.00 bits per heavy atom. The fourth-order valence-electron chi connectivity index (χ4n) is 2.96. The zero-order valence-corrected chi connectivity index (χ0v) is 12.6. The van der Waals surface area contributed by atoms with Crippen molar-refractivity contribution in [3.63, 3.8) is 0 Å². The number of hydrogen-bond donors (Lipinski definition) is 3. The van der Waals surface area contributed by atoms with Crippen molar-refractivity contribution in [3.8, 4) is 5.75 Å². The van der Waals surface area contributed by atoms with E-state index in [0.29, 0.717) is 13.2 Å². The van der Waals surface area contributed by atoms with Crippen LogP contribution < -0.4 is 5.32 Å². The molecule has 3 rings (SSSR count). The molecule has 2 fully saturated rings. The van der Waals surface area contributed by atoms with Gasteiger partial charge in [-0.15, -0.1) is 0 Å². The summed E-state index contributed by atoms with van der Waals surface area (Å²) in [4.78, 5) is 2.27. The van der Waals surface area contributed by atoms with Crippen LogP contribution in [0.3, 0.4) is 0 Å².